The molecule has 0 N–H and O–H groups in total. The van der Waals surface area contributed by atoms with E-state index >= 15 is 0 Å². The van der Waals surface area contributed by atoms with Gasteiger partial charge in [-0.05, 0) is 54.8 Å². The van der Waals surface area contributed by atoms with Crippen LogP contribution in [0, 0.1) is 5.82 Å². The Kier molecular flexibility index (Phi) is 8.39. The van der Waals surface area contributed by atoms with Crippen molar-refractivity contribution < 1.29 is 33.0 Å². The normalized spacial score (nSPS) is 13.2. The maximum atomic E-state index is 14.2. The van der Waals surface area contributed by atoms with Gasteiger partial charge in [-0.15, -0.1) is 0 Å². The van der Waals surface area contributed by atoms with Gasteiger partial charge in [-0.2, -0.15) is 0 Å². The summed E-state index contributed by atoms with van der Waals surface area (Å²) in [6.45, 7) is 3.22. The number of fused-ring (bicyclic) bond motifs is 1. The highest BCUT2D eigenvalue weighted by Gasteiger charge is 2.28. The van der Waals surface area contributed by atoms with Gasteiger partial charge in [0.25, 0.3) is 11.5 Å². The van der Waals surface area contributed by atoms with Crippen molar-refractivity contribution >= 4 is 28.9 Å². The second kappa shape index (κ2) is 12.3. The summed E-state index contributed by atoms with van der Waals surface area (Å²) in [4.78, 5) is 58.6. The third-order valence-electron chi connectivity index (χ3n) is 6.93. The van der Waals surface area contributed by atoms with Crippen LogP contribution in [0.15, 0.2) is 65.6 Å². The standard InChI is InChI=1S/C31H28FN3O7/c1-3-41-31(39)25-27(42-30(38)20-7-5-4-6-8-20)26-24(34(2)29(25)37)16-19(18-33-26)15-21-9-10-22(32)17-23(21)28(36)35-11-13-40-14-12-35/h4-10,16-18H,3,11-15H2,1-2H3. The van der Waals surface area contributed by atoms with E-state index in [1.807, 2.05) is 0 Å². The number of esters is 2. The van der Waals surface area contributed by atoms with E-state index in [-0.39, 0.29) is 46.8 Å². The lowest BCUT2D eigenvalue weighted by Crippen LogP contribution is -2.41. The molecular formula is C31H28FN3O7. The molecule has 0 saturated carbocycles. The number of morpholine rings is 1. The lowest BCUT2D eigenvalue weighted by molar-refractivity contribution is 0.0302. The minimum Gasteiger partial charge on any atom is -0.462 e. The molecule has 1 aliphatic rings. The van der Waals surface area contributed by atoms with Crippen LogP contribution in [0.2, 0.25) is 0 Å². The predicted molar refractivity (Wildman–Crippen MR) is 150 cm³/mol. The van der Waals surface area contributed by atoms with Crippen LogP contribution in [-0.2, 0) is 22.9 Å². The summed E-state index contributed by atoms with van der Waals surface area (Å²) in [6, 6.07) is 13.8. The molecule has 216 valence electrons. The Labute approximate surface area is 240 Å². The number of amides is 1. The van der Waals surface area contributed by atoms with Crippen molar-refractivity contribution in [1.29, 1.82) is 0 Å². The number of hydrogen-bond donors (Lipinski definition) is 0. The lowest BCUT2D eigenvalue weighted by Gasteiger charge is -2.27. The van der Waals surface area contributed by atoms with Crippen LogP contribution in [-0.4, -0.2) is 65.2 Å². The van der Waals surface area contributed by atoms with Crippen LogP contribution in [0.5, 0.6) is 5.75 Å². The van der Waals surface area contributed by atoms with Crippen LogP contribution < -0.4 is 10.3 Å². The lowest BCUT2D eigenvalue weighted by atomic mass is 9.99. The quantitative estimate of drug-likeness (QED) is 0.308. The van der Waals surface area contributed by atoms with Gasteiger partial charge in [-0.3, -0.25) is 14.6 Å². The zero-order chi connectivity index (χ0) is 29.8. The summed E-state index contributed by atoms with van der Waals surface area (Å²) in [5, 5.41) is 0. The number of nitrogens with zero attached hydrogens (tertiary/aromatic N) is 3. The first-order valence-electron chi connectivity index (χ1n) is 13.4. The Morgan fingerprint density at radius 1 is 1.02 bits per heavy atom. The first kappa shape index (κ1) is 28.6. The van der Waals surface area contributed by atoms with Crippen molar-refractivity contribution in [1.82, 2.24) is 14.5 Å². The van der Waals surface area contributed by atoms with Crippen LogP contribution in [0.1, 0.15) is 49.1 Å². The molecule has 0 spiro atoms. The monoisotopic (exact) mass is 573 g/mol. The minimum absolute atomic E-state index is 0.00163. The zero-order valence-corrected chi connectivity index (χ0v) is 23.1. The van der Waals surface area contributed by atoms with E-state index in [1.165, 1.54) is 29.9 Å². The molecular weight excluding hydrogens is 545 g/mol. The number of hydrogen-bond acceptors (Lipinski definition) is 8. The van der Waals surface area contributed by atoms with Crippen LogP contribution in [0.4, 0.5) is 4.39 Å². The van der Waals surface area contributed by atoms with E-state index in [0.29, 0.717) is 37.4 Å². The van der Waals surface area contributed by atoms with Crippen molar-refractivity contribution in [2.24, 2.45) is 7.05 Å². The van der Waals surface area contributed by atoms with Crippen molar-refractivity contribution in [2.75, 3.05) is 32.9 Å². The van der Waals surface area contributed by atoms with Gasteiger partial charge in [0.2, 0.25) is 0 Å². The van der Waals surface area contributed by atoms with Gasteiger partial charge in [0.15, 0.2) is 11.3 Å². The maximum Gasteiger partial charge on any atom is 0.347 e. The van der Waals surface area contributed by atoms with Crippen molar-refractivity contribution in [3.05, 3.63) is 105 Å². The zero-order valence-electron chi connectivity index (χ0n) is 23.1. The van der Waals surface area contributed by atoms with Gasteiger partial charge in [0.05, 0.1) is 30.9 Å². The molecule has 10 nitrogen and oxygen atoms in total. The molecule has 0 aliphatic carbocycles. The molecule has 11 heteroatoms. The third-order valence-corrected chi connectivity index (χ3v) is 6.93. The Morgan fingerprint density at radius 3 is 2.48 bits per heavy atom. The van der Waals surface area contributed by atoms with Gasteiger partial charge in [-0.1, -0.05) is 24.3 Å². The second-order valence-corrected chi connectivity index (χ2v) is 9.64. The molecule has 0 bridgehead atoms. The number of carbonyl (C=O) groups excluding carboxylic acids is 3. The van der Waals surface area contributed by atoms with E-state index in [4.69, 9.17) is 14.2 Å². The maximum absolute atomic E-state index is 14.2. The number of rotatable bonds is 7. The van der Waals surface area contributed by atoms with E-state index in [1.54, 1.807) is 54.3 Å². The van der Waals surface area contributed by atoms with E-state index in [2.05, 4.69) is 4.98 Å². The molecule has 2 aromatic carbocycles. The predicted octanol–water partition coefficient (Wildman–Crippen LogP) is 3.53. The largest absolute Gasteiger partial charge is 0.462 e. The fourth-order valence-electron chi connectivity index (χ4n) is 4.78. The molecule has 5 rings (SSSR count). The van der Waals surface area contributed by atoms with Gasteiger partial charge in [0, 0.05) is 31.9 Å². The number of pyridine rings is 2. The average Bonchev–Trinajstić information content (AvgIpc) is 3.01. The van der Waals surface area contributed by atoms with Crippen LogP contribution in [0.3, 0.4) is 0 Å². The highest BCUT2D eigenvalue weighted by molar-refractivity contribution is 6.02. The smallest absolute Gasteiger partial charge is 0.347 e. The number of halogens is 1. The molecule has 1 saturated heterocycles. The Hall–Kier alpha value is -4.90. The molecule has 2 aromatic heterocycles. The van der Waals surface area contributed by atoms with E-state index < -0.39 is 28.9 Å². The van der Waals surface area contributed by atoms with Crippen molar-refractivity contribution in [2.45, 2.75) is 13.3 Å². The van der Waals surface area contributed by atoms with Crippen LogP contribution >= 0.6 is 0 Å². The molecule has 4 aromatic rings. The SMILES string of the molecule is CCOC(=O)c1c(OC(=O)c2ccccc2)c2ncc(Cc3ccc(F)cc3C(=O)N3CCOCC3)cc2n(C)c1=O. The minimum atomic E-state index is -0.945. The van der Waals surface area contributed by atoms with Gasteiger partial charge in [0.1, 0.15) is 11.3 Å². The van der Waals surface area contributed by atoms with E-state index in [0.717, 1.165) is 0 Å². The van der Waals surface area contributed by atoms with Gasteiger partial charge < -0.3 is 23.7 Å². The summed E-state index contributed by atoms with van der Waals surface area (Å²) < 4.78 is 31.5. The topological polar surface area (TPSA) is 117 Å². The summed E-state index contributed by atoms with van der Waals surface area (Å²) in [6.07, 6.45) is 1.69. The number of benzene rings is 2. The number of ether oxygens (including phenoxy) is 3. The summed E-state index contributed by atoms with van der Waals surface area (Å²) in [7, 11) is 1.47. The highest BCUT2D eigenvalue weighted by atomic mass is 19.1. The Balaban J connectivity index is 1.58. The van der Waals surface area contributed by atoms with Crippen LogP contribution in [0.25, 0.3) is 11.0 Å². The molecule has 42 heavy (non-hydrogen) atoms. The fourth-order valence-corrected chi connectivity index (χ4v) is 4.78. The fraction of sp³-hybridized carbons (Fsp3) is 0.258. The number of carbonyl (C=O) groups is 3. The summed E-state index contributed by atoms with van der Waals surface area (Å²) in [5.74, 6) is -2.87. The first-order chi connectivity index (χ1) is 20.3. The van der Waals surface area contributed by atoms with Gasteiger partial charge >= 0.3 is 11.9 Å². The van der Waals surface area contributed by atoms with Gasteiger partial charge in [-0.25, -0.2) is 14.0 Å². The Morgan fingerprint density at radius 2 is 1.76 bits per heavy atom. The average molecular weight is 574 g/mol. The summed E-state index contributed by atoms with van der Waals surface area (Å²) >= 11 is 0. The molecule has 0 atom stereocenters. The third kappa shape index (κ3) is 5.77. The molecule has 3 heterocycles. The molecule has 0 radical (unpaired) electrons. The first-order valence-corrected chi connectivity index (χ1v) is 13.4. The van der Waals surface area contributed by atoms with Crippen molar-refractivity contribution in [3.8, 4) is 5.75 Å². The highest BCUT2D eigenvalue weighted by Crippen LogP contribution is 2.29. The number of aromatic nitrogens is 2. The van der Waals surface area contributed by atoms with Crippen molar-refractivity contribution in [3.63, 3.8) is 0 Å². The number of aryl methyl sites for hydroxylation is 1. The summed E-state index contributed by atoms with van der Waals surface area (Å²) in [5.41, 5.74) is 0.797. The Bertz CT molecular complexity index is 1730. The second-order valence-electron chi connectivity index (χ2n) is 9.64. The van der Waals surface area contributed by atoms with E-state index in [9.17, 15) is 23.6 Å². The molecule has 0 unspecified atom stereocenters. The molecule has 1 amide bonds. The molecule has 1 aliphatic heterocycles. The molecule has 1 fully saturated rings.